The summed E-state index contributed by atoms with van der Waals surface area (Å²) in [7, 11) is 0. The zero-order valence-electron chi connectivity index (χ0n) is 13.6. The van der Waals surface area contributed by atoms with Crippen molar-refractivity contribution in [2.24, 2.45) is 16.5 Å². The van der Waals surface area contributed by atoms with Crippen LogP contribution in [-0.2, 0) is 0 Å². The van der Waals surface area contributed by atoms with E-state index in [9.17, 15) is 4.91 Å². The van der Waals surface area contributed by atoms with Crippen LogP contribution in [0.1, 0.15) is 65.7 Å². The quantitative estimate of drug-likeness (QED) is 0.248. The van der Waals surface area contributed by atoms with Crippen molar-refractivity contribution in [3.05, 3.63) is 4.91 Å². The SMILES string of the molecule is C=I[C@]1([C@H](C)CCC)CC[C@@]2(I=C)[C@H](N=O)CCCC12C. The fourth-order valence-electron chi connectivity index (χ4n) is 5.33. The van der Waals surface area contributed by atoms with Gasteiger partial charge in [0, 0.05) is 6.84 Å². The molecule has 0 radical (unpaired) electrons. The Bertz CT molecular complexity index is 441. The molecule has 0 saturated heterocycles. The largest absolute Gasteiger partial charge is 0.150 e. The summed E-state index contributed by atoms with van der Waals surface area (Å²) < 4.78 is 9.45. The summed E-state index contributed by atoms with van der Waals surface area (Å²) in [5.41, 5.74) is 0.273. The highest BCUT2D eigenvalue weighted by Gasteiger charge is 2.68. The number of fused-ring (bicyclic) bond motifs is 1. The maximum absolute atomic E-state index is 11.5. The standard InChI is InChI=1S/C17H29I2NO/c1-6-8-13(2)16(18-4)11-12-17(19-5)14(20-21)9-7-10-15(16,17)3/h13-14H,4-12H2,1-3H3/t13-,14-,15?,16+,17-/m1/s1. The number of nitrogens with zero attached hydrogens (tertiary/aromatic N) is 1. The van der Waals surface area contributed by atoms with E-state index >= 15 is 0 Å². The number of hydrogen-bond donors (Lipinski definition) is 0. The molecule has 21 heavy (non-hydrogen) atoms. The van der Waals surface area contributed by atoms with Crippen molar-refractivity contribution >= 4 is 50.5 Å². The van der Waals surface area contributed by atoms with E-state index in [0.29, 0.717) is 3.42 Å². The first-order valence-electron chi connectivity index (χ1n) is 8.09. The third kappa shape index (κ3) is 2.36. The van der Waals surface area contributed by atoms with E-state index in [0.717, 1.165) is 12.3 Å². The zero-order valence-corrected chi connectivity index (χ0v) is 17.9. The molecule has 2 nitrogen and oxygen atoms in total. The molecular formula is C17H29I2NO. The van der Waals surface area contributed by atoms with Crippen molar-refractivity contribution in [3.63, 3.8) is 0 Å². The van der Waals surface area contributed by atoms with Crippen LogP contribution in [0.5, 0.6) is 0 Å². The summed E-state index contributed by atoms with van der Waals surface area (Å²) in [6.45, 7) is 7.25. The third-order valence-electron chi connectivity index (χ3n) is 6.48. The van der Waals surface area contributed by atoms with Gasteiger partial charge in [-0.15, -0.1) is 41.5 Å². The van der Waals surface area contributed by atoms with Crippen LogP contribution >= 0.6 is 41.5 Å². The van der Waals surface area contributed by atoms with Gasteiger partial charge in [0.15, 0.2) is 0 Å². The average Bonchev–Trinajstić information content (AvgIpc) is 2.77. The molecule has 2 aliphatic rings. The van der Waals surface area contributed by atoms with E-state index in [2.05, 4.69) is 35.0 Å². The van der Waals surface area contributed by atoms with Crippen LogP contribution in [0, 0.1) is 16.2 Å². The van der Waals surface area contributed by atoms with Crippen LogP contribution in [0.25, 0.3) is 0 Å². The van der Waals surface area contributed by atoms with Crippen molar-refractivity contribution in [2.75, 3.05) is 0 Å². The summed E-state index contributed by atoms with van der Waals surface area (Å²) in [4.78, 5) is 11.5. The minimum Gasteiger partial charge on any atom is -0.150 e. The summed E-state index contributed by atoms with van der Waals surface area (Å²) >= 11 is -0.327. The molecule has 1 unspecified atom stereocenters. The van der Waals surface area contributed by atoms with E-state index < -0.39 is 0 Å². The molecule has 2 rings (SSSR count). The Morgan fingerprint density at radius 3 is 2.52 bits per heavy atom. The number of rotatable bonds is 6. The van der Waals surface area contributed by atoms with E-state index in [-0.39, 0.29) is 56.3 Å². The minimum absolute atomic E-state index is 0.0350. The molecule has 0 amide bonds. The van der Waals surface area contributed by atoms with Crippen LogP contribution in [0.15, 0.2) is 5.18 Å². The summed E-state index contributed by atoms with van der Waals surface area (Å²) in [5.74, 6) is 0.737. The van der Waals surface area contributed by atoms with Crippen LogP contribution < -0.4 is 0 Å². The lowest BCUT2D eigenvalue weighted by Gasteiger charge is -2.56. The maximum Gasteiger partial charge on any atom is 0.107 e. The molecule has 122 valence electrons. The lowest BCUT2D eigenvalue weighted by atomic mass is 9.60. The van der Waals surface area contributed by atoms with Crippen molar-refractivity contribution in [3.8, 4) is 0 Å². The van der Waals surface area contributed by atoms with E-state index in [1.807, 2.05) is 0 Å². The van der Waals surface area contributed by atoms with Gasteiger partial charge in [-0.3, -0.25) is 0 Å². The monoisotopic (exact) mass is 517 g/mol. The Balaban J connectivity index is 2.55. The molecule has 4 heteroatoms. The highest BCUT2D eigenvalue weighted by molar-refractivity contribution is 14.2. The van der Waals surface area contributed by atoms with Crippen LogP contribution in [0.2, 0.25) is 0 Å². The van der Waals surface area contributed by atoms with Gasteiger partial charge in [0.05, 0.1) is 0 Å². The summed E-state index contributed by atoms with van der Waals surface area (Å²) in [6, 6.07) is 0.0350. The molecule has 2 saturated carbocycles. The molecule has 0 aliphatic heterocycles. The highest BCUT2D eigenvalue weighted by atomic mass is 127. The maximum atomic E-state index is 11.5. The summed E-state index contributed by atoms with van der Waals surface area (Å²) in [6.07, 6.45) is 8.48. The number of hydrogen-bond acceptors (Lipinski definition) is 2. The molecule has 2 aliphatic carbocycles. The van der Waals surface area contributed by atoms with Gasteiger partial charge in [-0.1, -0.05) is 47.8 Å². The summed E-state index contributed by atoms with van der Waals surface area (Å²) in [5, 5.41) is 3.61. The first-order valence-corrected chi connectivity index (χ1v) is 13.3. The fourth-order valence-corrected chi connectivity index (χ4v) is 12.3. The van der Waals surface area contributed by atoms with E-state index in [4.69, 9.17) is 0 Å². The Hall–Kier alpha value is 0.800. The van der Waals surface area contributed by atoms with Gasteiger partial charge in [-0.05, 0) is 43.4 Å². The van der Waals surface area contributed by atoms with E-state index in [1.165, 1.54) is 38.5 Å². The van der Waals surface area contributed by atoms with Crippen molar-refractivity contribution in [2.45, 2.75) is 78.6 Å². The van der Waals surface area contributed by atoms with Crippen LogP contribution in [-0.4, -0.2) is 21.9 Å². The Morgan fingerprint density at radius 2 is 2.00 bits per heavy atom. The second kappa shape index (κ2) is 6.73. The minimum atomic E-state index is -0.229. The van der Waals surface area contributed by atoms with E-state index in [1.54, 1.807) is 0 Å². The van der Waals surface area contributed by atoms with Crippen molar-refractivity contribution in [1.29, 1.82) is 0 Å². The zero-order chi connectivity index (χ0) is 15.7. The molecule has 0 spiro atoms. The van der Waals surface area contributed by atoms with Crippen molar-refractivity contribution < 1.29 is 0 Å². The normalized spacial score (nSPS) is 44.2. The molecule has 0 N–H and O–H groups in total. The molecule has 0 aromatic rings. The molecule has 5 atom stereocenters. The van der Waals surface area contributed by atoms with Gasteiger partial charge in [0.2, 0.25) is 0 Å². The molecular weight excluding hydrogens is 488 g/mol. The van der Waals surface area contributed by atoms with Gasteiger partial charge in [-0.25, -0.2) is 0 Å². The van der Waals surface area contributed by atoms with Gasteiger partial charge in [-0.2, -0.15) is 4.91 Å². The lowest BCUT2D eigenvalue weighted by Crippen LogP contribution is -2.57. The predicted octanol–water partition coefficient (Wildman–Crippen LogP) is 5.82. The molecule has 0 bridgehead atoms. The third-order valence-corrected chi connectivity index (χ3v) is 14.4. The van der Waals surface area contributed by atoms with Crippen LogP contribution in [0.3, 0.4) is 0 Å². The van der Waals surface area contributed by atoms with Crippen LogP contribution in [0.4, 0.5) is 0 Å². The van der Waals surface area contributed by atoms with Gasteiger partial charge in [0.1, 0.15) is 6.04 Å². The Kier molecular flexibility index (Phi) is 5.82. The molecule has 0 heterocycles. The van der Waals surface area contributed by atoms with Gasteiger partial charge < -0.3 is 0 Å². The second-order valence-corrected chi connectivity index (χ2v) is 12.4. The topological polar surface area (TPSA) is 29.4 Å². The average molecular weight is 517 g/mol. The number of nitroso groups, excluding NO2 is 1. The second-order valence-electron chi connectivity index (χ2n) is 7.03. The predicted molar refractivity (Wildman–Crippen MR) is 113 cm³/mol. The smallest absolute Gasteiger partial charge is 0.107 e. The van der Waals surface area contributed by atoms with Gasteiger partial charge in [0.25, 0.3) is 0 Å². The fraction of sp³-hybridized carbons (Fsp3) is 0.882. The van der Waals surface area contributed by atoms with Crippen molar-refractivity contribution in [1.82, 2.24) is 0 Å². The molecule has 0 aromatic heterocycles. The molecule has 0 aromatic carbocycles. The first kappa shape index (κ1) is 18.1. The molecule has 2 fully saturated rings. The first-order chi connectivity index (χ1) is 9.98. The highest BCUT2D eigenvalue weighted by Crippen LogP contribution is 2.71. The number of alkyl halides is 2. The number of halogens is 2. The Morgan fingerprint density at radius 1 is 1.29 bits per heavy atom. The Labute approximate surface area is 149 Å². The lowest BCUT2D eigenvalue weighted by molar-refractivity contribution is 0.116. The van der Waals surface area contributed by atoms with Gasteiger partial charge >= 0.3 is 0 Å².